The van der Waals surface area contributed by atoms with Crippen LogP contribution in [-0.2, 0) is 9.53 Å². The van der Waals surface area contributed by atoms with E-state index in [0.29, 0.717) is 23.6 Å². The highest BCUT2D eigenvalue weighted by atomic mass is 16.5. The molecule has 0 saturated heterocycles. The van der Waals surface area contributed by atoms with Gasteiger partial charge in [-0.25, -0.2) is 9.48 Å². The van der Waals surface area contributed by atoms with Crippen molar-refractivity contribution in [1.82, 2.24) is 9.78 Å². The van der Waals surface area contributed by atoms with Crippen LogP contribution >= 0.6 is 0 Å². The van der Waals surface area contributed by atoms with Crippen LogP contribution in [0.5, 0.6) is 0 Å². The molecule has 8 nitrogen and oxygen atoms in total. The van der Waals surface area contributed by atoms with Crippen molar-refractivity contribution in [2.45, 2.75) is 32.9 Å². The third-order valence-corrected chi connectivity index (χ3v) is 3.64. The quantitative estimate of drug-likeness (QED) is 0.622. The predicted octanol–water partition coefficient (Wildman–Crippen LogP) is 2.05. The molecule has 1 heterocycles. The first-order chi connectivity index (χ1) is 12.4. The number of amides is 1. The highest BCUT2D eigenvalue weighted by Gasteiger charge is 2.22. The van der Waals surface area contributed by atoms with Gasteiger partial charge in [-0.2, -0.15) is 5.10 Å². The lowest BCUT2D eigenvalue weighted by Gasteiger charge is -2.17. The fourth-order valence-electron chi connectivity index (χ4n) is 2.34. The monoisotopic (exact) mass is 360 g/mol. The van der Waals surface area contributed by atoms with Crippen molar-refractivity contribution < 1.29 is 19.4 Å². The van der Waals surface area contributed by atoms with E-state index in [1.807, 2.05) is 13.8 Å². The molecular formula is C18H24N4O4. The van der Waals surface area contributed by atoms with Crippen LogP contribution in [-0.4, -0.2) is 46.0 Å². The van der Waals surface area contributed by atoms with E-state index in [2.05, 4.69) is 15.7 Å². The second-order valence-electron chi connectivity index (χ2n) is 5.99. The van der Waals surface area contributed by atoms with Crippen LogP contribution in [0.25, 0.3) is 0 Å². The van der Waals surface area contributed by atoms with Gasteiger partial charge in [0, 0.05) is 24.3 Å². The second-order valence-corrected chi connectivity index (χ2v) is 5.99. The summed E-state index contributed by atoms with van der Waals surface area (Å²) in [4.78, 5) is 24.7. The first kappa shape index (κ1) is 19.5. The minimum Gasteiger partial charge on any atom is -0.449 e. The summed E-state index contributed by atoms with van der Waals surface area (Å²) in [5.74, 6) is -0.523. The number of aromatic nitrogens is 2. The highest BCUT2D eigenvalue weighted by Crippen LogP contribution is 2.18. The van der Waals surface area contributed by atoms with Gasteiger partial charge in [0.1, 0.15) is 5.82 Å². The van der Waals surface area contributed by atoms with E-state index in [-0.39, 0.29) is 12.6 Å². The molecule has 0 aliphatic rings. The molecule has 140 valence electrons. The standard InChI is InChI=1S/C18H24N4O4/c1-12(2)22-16(8-9-20-22)21-17(24)13(3)26-18(25)14-6-4-5-7-15(14)19-10-11-23/h4-9,12-13,19,23H,10-11H2,1-3H3,(H,21,24)/t13-/m0/s1. The van der Waals surface area contributed by atoms with Crippen molar-refractivity contribution in [2.75, 3.05) is 23.8 Å². The summed E-state index contributed by atoms with van der Waals surface area (Å²) < 4.78 is 6.95. The molecule has 1 atom stereocenters. The number of para-hydroxylation sites is 1. The SMILES string of the molecule is CC(C)n1nccc1NC(=O)[C@H](C)OC(=O)c1ccccc1NCCO. The summed E-state index contributed by atoms with van der Waals surface area (Å²) in [7, 11) is 0. The molecule has 0 aliphatic heterocycles. The number of esters is 1. The van der Waals surface area contributed by atoms with Crippen LogP contribution < -0.4 is 10.6 Å². The molecule has 1 aromatic heterocycles. The Morgan fingerprint density at radius 3 is 2.65 bits per heavy atom. The number of ether oxygens (including phenoxy) is 1. The second kappa shape index (κ2) is 9.00. The van der Waals surface area contributed by atoms with Crippen molar-refractivity contribution in [3.8, 4) is 0 Å². The molecule has 0 unspecified atom stereocenters. The number of hydrogen-bond acceptors (Lipinski definition) is 6. The minimum atomic E-state index is -0.982. The average Bonchev–Trinajstić information content (AvgIpc) is 3.08. The van der Waals surface area contributed by atoms with Crippen molar-refractivity contribution >= 4 is 23.4 Å². The van der Waals surface area contributed by atoms with E-state index in [0.717, 1.165) is 0 Å². The van der Waals surface area contributed by atoms with Crippen LogP contribution in [0.3, 0.4) is 0 Å². The summed E-state index contributed by atoms with van der Waals surface area (Å²) in [5, 5.41) is 18.7. The van der Waals surface area contributed by atoms with E-state index in [4.69, 9.17) is 9.84 Å². The molecule has 3 N–H and O–H groups in total. The number of hydrogen-bond donors (Lipinski definition) is 3. The number of nitrogens with one attached hydrogen (secondary N) is 2. The van der Waals surface area contributed by atoms with Gasteiger partial charge >= 0.3 is 5.97 Å². The zero-order valence-electron chi connectivity index (χ0n) is 15.1. The molecule has 0 bridgehead atoms. The van der Waals surface area contributed by atoms with Gasteiger partial charge in [-0.3, -0.25) is 4.79 Å². The smallest absolute Gasteiger partial charge is 0.341 e. The number of nitrogens with zero attached hydrogens (tertiary/aromatic N) is 2. The van der Waals surface area contributed by atoms with Gasteiger partial charge in [0.2, 0.25) is 0 Å². The maximum Gasteiger partial charge on any atom is 0.341 e. The lowest BCUT2D eigenvalue weighted by atomic mass is 10.1. The maximum atomic E-state index is 12.4. The zero-order chi connectivity index (χ0) is 19.1. The Morgan fingerprint density at radius 1 is 1.23 bits per heavy atom. The Hall–Kier alpha value is -2.87. The fraction of sp³-hybridized carbons (Fsp3) is 0.389. The van der Waals surface area contributed by atoms with Crippen molar-refractivity contribution in [1.29, 1.82) is 0 Å². The van der Waals surface area contributed by atoms with Gasteiger partial charge in [0.05, 0.1) is 18.4 Å². The van der Waals surface area contributed by atoms with Crippen molar-refractivity contribution in [3.63, 3.8) is 0 Å². The Bertz CT molecular complexity index is 757. The maximum absolute atomic E-state index is 12.4. The molecule has 2 aromatic rings. The Morgan fingerprint density at radius 2 is 1.96 bits per heavy atom. The number of carbonyl (C=O) groups excluding carboxylic acids is 2. The van der Waals surface area contributed by atoms with E-state index >= 15 is 0 Å². The van der Waals surface area contributed by atoms with Crippen LogP contribution in [0.15, 0.2) is 36.5 Å². The third kappa shape index (κ3) is 4.82. The minimum absolute atomic E-state index is 0.0638. The van der Waals surface area contributed by atoms with E-state index < -0.39 is 18.0 Å². The van der Waals surface area contributed by atoms with Gasteiger partial charge in [-0.1, -0.05) is 12.1 Å². The molecule has 2 rings (SSSR count). The normalized spacial score (nSPS) is 11.9. The van der Waals surface area contributed by atoms with Crippen LogP contribution in [0.4, 0.5) is 11.5 Å². The molecular weight excluding hydrogens is 336 g/mol. The van der Waals surface area contributed by atoms with Crippen molar-refractivity contribution in [2.24, 2.45) is 0 Å². The molecule has 8 heteroatoms. The predicted molar refractivity (Wildman–Crippen MR) is 98.1 cm³/mol. The number of anilines is 2. The van der Waals surface area contributed by atoms with Crippen LogP contribution in [0.1, 0.15) is 37.2 Å². The third-order valence-electron chi connectivity index (χ3n) is 3.64. The topological polar surface area (TPSA) is 105 Å². The lowest BCUT2D eigenvalue weighted by Crippen LogP contribution is -2.31. The van der Waals surface area contributed by atoms with E-state index in [9.17, 15) is 9.59 Å². The Balaban J connectivity index is 2.02. The summed E-state index contributed by atoms with van der Waals surface area (Å²) in [5.41, 5.74) is 0.838. The van der Waals surface area contributed by atoms with E-state index in [1.165, 1.54) is 6.92 Å². The molecule has 26 heavy (non-hydrogen) atoms. The molecule has 0 aliphatic carbocycles. The number of rotatable bonds is 8. The molecule has 1 aromatic carbocycles. The number of carbonyl (C=O) groups is 2. The summed E-state index contributed by atoms with van der Waals surface area (Å²) in [6, 6.07) is 8.54. The van der Waals surface area contributed by atoms with Crippen LogP contribution in [0, 0.1) is 0 Å². The number of benzene rings is 1. The summed E-state index contributed by atoms with van der Waals surface area (Å²) in [6.07, 6.45) is 0.610. The number of aliphatic hydroxyl groups is 1. The van der Waals surface area contributed by atoms with Gasteiger partial charge < -0.3 is 20.5 Å². The van der Waals surface area contributed by atoms with Gasteiger partial charge in [0.15, 0.2) is 6.10 Å². The summed E-state index contributed by atoms with van der Waals surface area (Å²) >= 11 is 0. The number of aliphatic hydroxyl groups excluding tert-OH is 1. The molecule has 0 radical (unpaired) electrons. The fourth-order valence-corrected chi connectivity index (χ4v) is 2.34. The van der Waals surface area contributed by atoms with Gasteiger partial charge in [-0.15, -0.1) is 0 Å². The zero-order valence-corrected chi connectivity index (χ0v) is 15.1. The first-order valence-corrected chi connectivity index (χ1v) is 8.43. The van der Waals surface area contributed by atoms with Crippen LogP contribution in [0.2, 0.25) is 0 Å². The highest BCUT2D eigenvalue weighted by molar-refractivity contribution is 5.99. The van der Waals surface area contributed by atoms with Gasteiger partial charge in [-0.05, 0) is 32.9 Å². The van der Waals surface area contributed by atoms with Gasteiger partial charge in [0.25, 0.3) is 5.91 Å². The lowest BCUT2D eigenvalue weighted by molar-refractivity contribution is -0.123. The Kier molecular flexibility index (Phi) is 6.74. The molecule has 1 amide bonds. The summed E-state index contributed by atoms with van der Waals surface area (Å²) in [6.45, 7) is 5.64. The van der Waals surface area contributed by atoms with E-state index in [1.54, 1.807) is 41.2 Å². The molecule has 0 fully saturated rings. The average molecular weight is 360 g/mol. The largest absolute Gasteiger partial charge is 0.449 e. The Labute approximate surface area is 152 Å². The molecule has 0 spiro atoms. The first-order valence-electron chi connectivity index (χ1n) is 8.43. The van der Waals surface area contributed by atoms with Crippen molar-refractivity contribution in [3.05, 3.63) is 42.1 Å². The molecule has 0 saturated carbocycles.